The lowest BCUT2D eigenvalue weighted by Gasteiger charge is -2.24. The number of aromatic nitrogens is 1. The van der Waals surface area contributed by atoms with Crippen LogP contribution in [0.3, 0.4) is 0 Å². The molecule has 0 radical (unpaired) electrons. The number of pyridine rings is 1. The van der Waals surface area contributed by atoms with Gasteiger partial charge in [-0.3, -0.25) is 0 Å². The Kier molecular flexibility index (Phi) is 5.67. The molecular formula is C22H26F2N4O. The second-order valence-corrected chi connectivity index (χ2v) is 7.42. The van der Waals surface area contributed by atoms with Crippen molar-refractivity contribution in [3.8, 4) is 5.75 Å². The summed E-state index contributed by atoms with van der Waals surface area (Å²) in [4.78, 5) is 4.24. The smallest absolute Gasteiger partial charge is 0.167 e. The van der Waals surface area contributed by atoms with E-state index in [2.05, 4.69) is 20.9 Å². The number of benzene rings is 1. The fourth-order valence-electron chi connectivity index (χ4n) is 3.93. The highest BCUT2D eigenvalue weighted by Crippen LogP contribution is 2.41. The molecule has 2 aliphatic heterocycles. The molecule has 1 aromatic carbocycles. The number of anilines is 3. The van der Waals surface area contributed by atoms with E-state index >= 15 is 4.39 Å². The quantitative estimate of drug-likeness (QED) is 0.703. The molecule has 4 rings (SSSR count). The van der Waals surface area contributed by atoms with Crippen LogP contribution in [0.5, 0.6) is 5.75 Å². The molecule has 0 fully saturated rings. The summed E-state index contributed by atoms with van der Waals surface area (Å²) in [6.45, 7) is 3.81. The third-order valence-corrected chi connectivity index (χ3v) is 5.40. The maximum atomic E-state index is 15.7. The molecule has 0 saturated heterocycles. The molecule has 0 aliphatic carbocycles. The van der Waals surface area contributed by atoms with Crippen LogP contribution < -0.4 is 20.7 Å². The van der Waals surface area contributed by atoms with Crippen molar-refractivity contribution >= 4 is 22.8 Å². The van der Waals surface area contributed by atoms with Gasteiger partial charge in [-0.05, 0) is 56.4 Å². The molecule has 0 spiro atoms. The molecular weight excluding hydrogens is 374 g/mol. The van der Waals surface area contributed by atoms with Gasteiger partial charge in [0.15, 0.2) is 11.6 Å². The van der Waals surface area contributed by atoms with E-state index in [0.29, 0.717) is 41.7 Å². The predicted molar refractivity (Wildman–Crippen MR) is 112 cm³/mol. The summed E-state index contributed by atoms with van der Waals surface area (Å²) >= 11 is 0. The Labute approximate surface area is 169 Å². The number of ether oxygens (including phenoxy) is 1. The van der Waals surface area contributed by atoms with Crippen molar-refractivity contribution in [2.45, 2.75) is 32.6 Å². The third kappa shape index (κ3) is 3.92. The average molecular weight is 400 g/mol. The summed E-state index contributed by atoms with van der Waals surface area (Å²) in [5, 5.41) is 9.20. The molecule has 0 unspecified atom stereocenters. The van der Waals surface area contributed by atoms with Gasteiger partial charge in [-0.1, -0.05) is 6.08 Å². The molecule has 29 heavy (non-hydrogen) atoms. The SMILES string of the molecule is CNc1cc(Nc2cc3c(c(C4=CCNCCC4)c2F)OCCC3)nc(C)c1F. The van der Waals surface area contributed by atoms with E-state index in [9.17, 15) is 4.39 Å². The first-order chi connectivity index (χ1) is 14.1. The van der Waals surface area contributed by atoms with E-state index in [0.717, 1.165) is 43.4 Å². The second-order valence-electron chi connectivity index (χ2n) is 7.42. The van der Waals surface area contributed by atoms with Gasteiger partial charge < -0.3 is 20.7 Å². The van der Waals surface area contributed by atoms with Gasteiger partial charge in [0.25, 0.3) is 0 Å². The Morgan fingerprint density at radius 3 is 2.79 bits per heavy atom. The van der Waals surface area contributed by atoms with E-state index in [4.69, 9.17) is 4.74 Å². The minimum absolute atomic E-state index is 0.249. The minimum Gasteiger partial charge on any atom is -0.493 e. The zero-order valence-corrected chi connectivity index (χ0v) is 16.8. The summed E-state index contributed by atoms with van der Waals surface area (Å²) in [6.07, 6.45) is 5.52. The number of allylic oxidation sites excluding steroid dienone is 1. The van der Waals surface area contributed by atoms with Crippen LogP contribution >= 0.6 is 0 Å². The van der Waals surface area contributed by atoms with Crippen molar-refractivity contribution in [3.63, 3.8) is 0 Å². The van der Waals surface area contributed by atoms with Gasteiger partial charge in [0, 0.05) is 19.7 Å². The molecule has 2 aromatic rings. The van der Waals surface area contributed by atoms with Gasteiger partial charge in [0.1, 0.15) is 11.6 Å². The van der Waals surface area contributed by atoms with Crippen molar-refractivity contribution in [2.24, 2.45) is 0 Å². The molecule has 7 heteroatoms. The lowest BCUT2D eigenvalue weighted by Crippen LogP contribution is -2.13. The molecule has 2 aliphatic rings. The zero-order chi connectivity index (χ0) is 20.4. The molecule has 0 saturated carbocycles. The summed E-state index contributed by atoms with van der Waals surface area (Å²) in [5.41, 5.74) is 3.40. The summed E-state index contributed by atoms with van der Waals surface area (Å²) in [7, 11) is 1.64. The molecule has 3 N–H and O–H groups in total. The van der Waals surface area contributed by atoms with Crippen LogP contribution in [0.2, 0.25) is 0 Å². The Morgan fingerprint density at radius 2 is 1.97 bits per heavy atom. The number of halogens is 2. The number of aryl methyl sites for hydroxylation is 2. The van der Waals surface area contributed by atoms with Crippen molar-refractivity contribution in [2.75, 3.05) is 37.4 Å². The molecule has 0 atom stereocenters. The van der Waals surface area contributed by atoms with Crippen LogP contribution in [0.15, 0.2) is 18.2 Å². The van der Waals surface area contributed by atoms with Gasteiger partial charge in [-0.2, -0.15) is 0 Å². The highest BCUT2D eigenvalue weighted by molar-refractivity contribution is 5.78. The van der Waals surface area contributed by atoms with Gasteiger partial charge in [0.05, 0.1) is 29.2 Å². The van der Waals surface area contributed by atoms with Crippen LogP contribution in [-0.4, -0.2) is 31.7 Å². The van der Waals surface area contributed by atoms with E-state index < -0.39 is 5.82 Å². The standard InChI is InChI=1S/C22H26F2N4O/c1-13-20(23)16(25-2)12-18(27-13)28-17-11-15-6-4-10-29-22(15)19(21(17)24)14-5-3-8-26-9-7-14/h7,11-12,26H,3-6,8-10H2,1-2H3,(H2,25,27,28). The molecule has 3 heterocycles. The third-order valence-electron chi connectivity index (χ3n) is 5.40. The van der Waals surface area contributed by atoms with Gasteiger partial charge in [0.2, 0.25) is 0 Å². The maximum Gasteiger partial charge on any atom is 0.167 e. The van der Waals surface area contributed by atoms with E-state index in [1.54, 1.807) is 26.1 Å². The van der Waals surface area contributed by atoms with Crippen LogP contribution in [-0.2, 0) is 6.42 Å². The van der Waals surface area contributed by atoms with Crippen LogP contribution in [0.4, 0.5) is 26.0 Å². The summed E-state index contributed by atoms with van der Waals surface area (Å²) in [5.74, 6) is 0.292. The lowest BCUT2D eigenvalue weighted by atomic mass is 9.93. The monoisotopic (exact) mass is 400 g/mol. The normalized spacial score (nSPS) is 16.3. The van der Waals surface area contributed by atoms with Crippen LogP contribution in [0, 0.1) is 18.6 Å². The average Bonchev–Trinajstić information content (AvgIpc) is 3.00. The van der Waals surface area contributed by atoms with Gasteiger partial charge in [-0.25, -0.2) is 13.8 Å². The van der Waals surface area contributed by atoms with Crippen molar-refractivity contribution in [1.82, 2.24) is 10.3 Å². The van der Waals surface area contributed by atoms with E-state index in [1.807, 2.05) is 6.08 Å². The van der Waals surface area contributed by atoms with Crippen LogP contribution in [0.1, 0.15) is 36.1 Å². The second kappa shape index (κ2) is 8.37. The van der Waals surface area contributed by atoms with Gasteiger partial charge in [-0.15, -0.1) is 0 Å². The topological polar surface area (TPSA) is 58.2 Å². The zero-order valence-electron chi connectivity index (χ0n) is 16.8. The van der Waals surface area contributed by atoms with E-state index in [-0.39, 0.29) is 11.5 Å². The number of nitrogens with zero attached hydrogens (tertiary/aromatic N) is 1. The first-order valence-corrected chi connectivity index (χ1v) is 10.1. The maximum absolute atomic E-state index is 15.7. The largest absolute Gasteiger partial charge is 0.493 e. The molecule has 0 amide bonds. The summed E-state index contributed by atoms with van der Waals surface area (Å²) < 4.78 is 35.7. The first kappa shape index (κ1) is 19.6. The van der Waals surface area contributed by atoms with Crippen molar-refractivity contribution in [3.05, 3.63) is 46.7 Å². The van der Waals surface area contributed by atoms with Crippen LogP contribution in [0.25, 0.3) is 5.57 Å². The number of fused-ring (bicyclic) bond motifs is 1. The first-order valence-electron chi connectivity index (χ1n) is 10.1. The predicted octanol–water partition coefficient (Wildman–Crippen LogP) is 4.55. The molecule has 1 aromatic heterocycles. The highest BCUT2D eigenvalue weighted by atomic mass is 19.1. The van der Waals surface area contributed by atoms with Gasteiger partial charge >= 0.3 is 0 Å². The fourth-order valence-corrected chi connectivity index (χ4v) is 3.93. The Hall–Kier alpha value is -2.67. The number of nitrogens with one attached hydrogen (secondary N) is 3. The Balaban J connectivity index is 1.79. The van der Waals surface area contributed by atoms with Crippen molar-refractivity contribution < 1.29 is 13.5 Å². The molecule has 5 nitrogen and oxygen atoms in total. The highest BCUT2D eigenvalue weighted by Gasteiger charge is 2.25. The Morgan fingerprint density at radius 1 is 1.10 bits per heavy atom. The number of hydrogen-bond acceptors (Lipinski definition) is 5. The number of rotatable bonds is 4. The molecule has 0 bridgehead atoms. The Bertz CT molecular complexity index is 959. The molecule has 154 valence electrons. The lowest BCUT2D eigenvalue weighted by molar-refractivity contribution is 0.285. The fraction of sp³-hybridized carbons (Fsp3) is 0.409. The van der Waals surface area contributed by atoms with E-state index in [1.165, 1.54) is 0 Å². The minimum atomic E-state index is -0.408. The summed E-state index contributed by atoms with van der Waals surface area (Å²) in [6, 6.07) is 3.34. The van der Waals surface area contributed by atoms with Crippen molar-refractivity contribution in [1.29, 1.82) is 0 Å². The number of hydrogen-bond donors (Lipinski definition) is 3.